The fourth-order valence-corrected chi connectivity index (χ4v) is 4.37. The number of benzene rings is 1. The predicted molar refractivity (Wildman–Crippen MR) is 112 cm³/mol. The highest BCUT2D eigenvalue weighted by atomic mass is 32.1. The molecule has 1 aromatic heterocycles. The van der Waals surface area contributed by atoms with Crippen molar-refractivity contribution in [1.29, 1.82) is 0 Å². The van der Waals surface area contributed by atoms with E-state index in [4.69, 9.17) is 4.74 Å². The minimum Gasteiger partial charge on any atom is -0.494 e. The molecule has 0 saturated carbocycles. The Kier molecular flexibility index (Phi) is 7.72. The molecule has 1 amide bonds. The summed E-state index contributed by atoms with van der Waals surface area (Å²) in [7, 11) is 0. The van der Waals surface area contributed by atoms with Crippen molar-refractivity contribution in [1.82, 2.24) is 10.2 Å². The zero-order valence-electron chi connectivity index (χ0n) is 16.2. The van der Waals surface area contributed by atoms with Crippen molar-refractivity contribution in [2.75, 3.05) is 26.2 Å². The van der Waals surface area contributed by atoms with Gasteiger partial charge >= 0.3 is 0 Å². The molecule has 2 aromatic rings. The van der Waals surface area contributed by atoms with Gasteiger partial charge in [-0.05, 0) is 68.1 Å². The van der Waals surface area contributed by atoms with E-state index in [0.717, 1.165) is 25.3 Å². The lowest BCUT2D eigenvalue weighted by molar-refractivity contribution is 0.0934. The Morgan fingerprint density at radius 1 is 1.15 bits per heavy atom. The molecule has 1 N–H and O–H groups in total. The maximum absolute atomic E-state index is 12.6. The summed E-state index contributed by atoms with van der Waals surface area (Å²) in [6.45, 7) is 5.65. The summed E-state index contributed by atoms with van der Waals surface area (Å²) in [6.07, 6.45) is 6.09. The minimum atomic E-state index is -0.0200. The normalized spacial score (nSPS) is 16.5. The number of hydrogen-bond donors (Lipinski definition) is 1. The van der Waals surface area contributed by atoms with Gasteiger partial charge in [-0.15, -0.1) is 11.3 Å². The highest BCUT2D eigenvalue weighted by molar-refractivity contribution is 7.10. The second-order valence-electron chi connectivity index (χ2n) is 7.06. The molecule has 0 spiro atoms. The van der Waals surface area contributed by atoms with Crippen molar-refractivity contribution in [3.63, 3.8) is 0 Å². The van der Waals surface area contributed by atoms with Gasteiger partial charge in [0.15, 0.2) is 0 Å². The van der Waals surface area contributed by atoms with E-state index in [-0.39, 0.29) is 11.9 Å². The van der Waals surface area contributed by atoms with Crippen LogP contribution >= 0.6 is 11.3 Å². The van der Waals surface area contributed by atoms with E-state index in [9.17, 15) is 4.79 Å². The summed E-state index contributed by atoms with van der Waals surface area (Å²) in [5.74, 6) is 0.794. The molecule has 5 heteroatoms. The number of likely N-dealkylation sites (tertiary alicyclic amines) is 1. The quantitative estimate of drug-likeness (QED) is 0.703. The average Bonchev–Trinajstić information content (AvgIpc) is 3.09. The van der Waals surface area contributed by atoms with Crippen LogP contribution in [0.15, 0.2) is 41.8 Å². The number of nitrogens with one attached hydrogen (secondary N) is 1. The van der Waals surface area contributed by atoms with Gasteiger partial charge in [0.1, 0.15) is 5.75 Å². The van der Waals surface area contributed by atoms with Crippen LogP contribution in [0.25, 0.3) is 0 Å². The summed E-state index contributed by atoms with van der Waals surface area (Å²) < 4.78 is 5.59. The number of carbonyl (C=O) groups is 1. The van der Waals surface area contributed by atoms with E-state index in [1.54, 1.807) is 11.3 Å². The van der Waals surface area contributed by atoms with Gasteiger partial charge in [-0.3, -0.25) is 9.69 Å². The Morgan fingerprint density at radius 3 is 2.52 bits per heavy atom. The van der Waals surface area contributed by atoms with E-state index in [0.29, 0.717) is 18.7 Å². The smallest absolute Gasteiger partial charge is 0.251 e. The topological polar surface area (TPSA) is 41.6 Å². The van der Waals surface area contributed by atoms with Crippen molar-refractivity contribution < 1.29 is 9.53 Å². The molecule has 1 atom stereocenters. The van der Waals surface area contributed by atoms with Crippen LogP contribution in [0.5, 0.6) is 5.75 Å². The number of hydrogen-bond acceptors (Lipinski definition) is 4. The van der Waals surface area contributed by atoms with Crippen LogP contribution in [0.1, 0.15) is 60.3 Å². The van der Waals surface area contributed by atoms with Gasteiger partial charge in [0.25, 0.3) is 5.91 Å². The molecule has 1 saturated heterocycles. The molecular weight excluding hydrogens is 356 g/mol. The molecular formula is C22H30N2O2S. The van der Waals surface area contributed by atoms with Gasteiger partial charge in [-0.1, -0.05) is 25.8 Å². The molecule has 2 heterocycles. The maximum atomic E-state index is 12.6. The lowest BCUT2D eigenvalue weighted by Gasteiger charge is -2.30. The van der Waals surface area contributed by atoms with Gasteiger partial charge in [-0.25, -0.2) is 0 Å². The SMILES string of the molecule is CCCOc1ccc(C(=O)NC[C@H](c2cccs2)N2CCCCCC2)cc1. The molecule has 3 rings (SSSR count). The molecule has 1 aliphatic heterocycles. The van der Waals surface area contributed by atoms with Crippen molar-refractivity contribution in [2.45, 2.75) is 45.1 Å². The van der Waals surface area contributed by atoms with Crippen LogP contribution in [-0.4, -0.2) is 37.0 Å². The van der Waals surface area contributed by atoms with Crippen molar-refractivity contribution >= 4 is 17.2 Å². The first-order valence-electron chi connectivity index (χ1n) is 10.1. The van der Waals surface area contributed by atoms with E-state index < -0.39 is 0 Å². The standard InChI is InChI=1S/C22H30N2O2S/c1-2-15-26-19-11-9-18(10-12-19)22(25)23-17-20(21-8-7-16-27-21)24-13-5-3-4-6-14-24/h7-12,16,20H,2-6,13-15,17H2,1H3,(H,23,25)/t20-/m1/s1. The lowest BCUT2D eigenvalue weighted by Crippen LogP contribution is -2.38. The largest absolute Gasteiger partial charge is 0.494 e. The first kappa shape index (κ1) is 19.9. The van der Waals surface area contributed by atoms with E-state index in [1.807, 2.05) is 24.3 Å². The van der Waals surface area contributed by atoms with Gasteiger partial charge in [0, 0.05) is 17.0 Å². The molecule has 27 heavy (non-hydrogen) atoms. The molecule has 146 valence electrons. The summed E-state index contributed by atoms with van der Waals surface area (Å²) in [5, 5.41) is 5.27. The van der Waals surface area contributed by atoms with E-state index >= 15 is 0 Å². The fourth-order valence-electron chi connectivity index (χ4n) is 3.51. The van der Waals surface area contributed by atoms with Crippen molar-refractivity contribution in [3.8, 4) is 5.75 Å². The van der Waals surface area contributed by atoms with Gasteiger partial charge in [0.05, 0.1) is 12.6 Å². The number of rotatable bonds is 8. The number of nitrogens with zero attached hydrogens (tertiary/aromatic N) is 1. The first-order chi connectivity index (χ1) is 13.3. The Balaban J connectivity index is 1.61. The monoisotopic (exact) mass is 386 g/mol. The third kappa shape index (κ3) is 5.81. The second kappa shape index (κ2) is 10.5. The molecule has 0 radical (unpaired) electrons. The van der Waals surface area contributed by atoms with Crippen LogP contribution in [0.4, 0.5) is 0 Å². The Labute approximate surface area is 166 Å². The zero-order valence-corrected chi connectivity index (χ0v) is 17.0. The molecule has 4 nitrogen and oxygen atoms in total. The molecule has 0 bridgehead atoms. The lowest BCUT2D eigenvalue weighted by atomic mass is 10.1. The third-order valence-electron chi connectivity index (χ3n) is 5.00. The van der Waals surface area contributed by atoms with Crippen LogP contribution in [-0.2, 0) is 0 Å². The van der Waals surface area contributed by atoms with E-state index in [1.165, 1.54) is 30.6 Å². The molecule has 1 fully saturated rings. The summed E-state index contributed by atoms with van der Waals surface area (Å²) in [5.41, 5.74) is 0.680. The summed E-state index contributed by atoms with van der Waals surface area (Å²) >= 11 is 1.78. The molecule has 1 aromatic carbocycles. The Morgan fingerprint density at radius 2 is 1.89 bits per heavy atom. The van der Waals surface area contributed by atoms with Crippen molar-refractivity contribution in [2.24, 2.45) is 0 Å². The number of ether oxygens (including phenoxy) is 1. The van der Waals surface area contributed by atoms with Crippen LogP contribution in [0, 0.1) is 0 Å². The number of amides is 1. The fraction of sp³-hybridized carbons (Fsp3) is 0.500. The average molecular weight is 387 g/mol. The Hall–Kier alpha value is -1.85. The predicted octanol–water partition coefficient (Wildman–Crippen LogP) is 4.88. The van der Waals surface area contributed by atoms with E-state index in [2.05, 4.69) is 34.7 Å². The zero-order chi connectivity index (χ0) is 18.9. The molecule has 0 unspecified atom stereocenters. The highest BCUT2D eigenvalue weighted by Crippen LogP contribution is 2.27. The molecule has 0 aliphatic carbocycles. The van der Waals surface area contributed by atoms with Crippen LogP contribution in [0.2, 0.25) is 0 Å². The molecule has 1 aliphatic rings. The summed E-state index contributed by atoms with van der Waals surface area (Å²) in [4.78, 5) is 16.5. The number of thiophene rings is 1. The van der Waals surface area contributed by atoms with Crippen LogP contribution < -0.4 is 10.1 Å². The van der Waals surface area contributed by atoms with Gasteiger partial charge < -0.3 is 10.1 Å². The van der Waals surface area contributed by atoms with Crippen molar-refractivity contribution in [3.05, 3.63) is 52.2 Å². The van der Waals surface area contributed by atoms with Gasteiger partial charge in [0.2, 0.25) is 0 Å². The highest BCUT2D eigenvalue weighted by Gasteiger charge is 2.23. The maximum Gasteiger partial charge on any atom is 0.251 e. The second-order valence-corrected chi connectivity index (χ2v) is 8.04. The third-order valence-corrected chi connectivity index (χ3v) is 5.97. The summed E-state index contributed by atoms with van der Waals surface area (Å²) in [6, 6.07) is 12.0. The van der Waals surface area contributed by atoms with Gasteiger partial charge in [-0.2, -0.15) is 0 Å². The number of carbonyl (C=O) groups excluding carboxylic acids is 1. The van der Waals surface area contributed by atoms with Crippen LogP contribution in [0.3, 0.4) is 0 Å². The first-order valence-corrected chi connectivity index (χ1v) is 10.9. The Bertz CT molecular complexity index is 677. The minimum absolute atomic E-state index is 0.0200.